The van der Waals surface area contributed by atoms with Crippen LogP contribution in [0.2, 0.25) is 0 Å². The van der Waals surface area contributed by atoms with Crippen molar-refractivity contribution >= 4 is 31.4 Å². The number of hydrogen-bond donors (Lipinski definition) is 2. The Kier molecular flexibility index (Phi) is 5.66. The molecule has 1 fully saturated rings. The number of hydrogen-bond acceptors (Lipinski definition) is 7. The molecule has 1 aromatic carbocycles. The maximum absolute atomic E-state index is 11.6. The minimum Gasteiger partial charge on any atom is -0.366 e. The molecular weight excluding hydrogens is 372 g/mol. The van der Waals surface area contributed by atoms with Gasteiger partial charge in [-0.15, -0.1) is 0 Å². The van der Waals surface area contributed by atoms with Gasteiger partial charge in [0.1, 0.15) is 5.69 Å². The van der Waals surface area contributed by atoms with Gasteiger partial charge in [0.15, 0.2) is 9.84 Å². The van der Waals surface area contributed by atoms with Gasteiger partial charge in [-0.2, -0.15) is 13.1 Å². The van der Waals surface area contributed by atoms with Crippen molar-refractivity contribution in [2.45, 2.75) is 23.8 Å². The van der Waals surface area contributed by atoms with Gasteiger partial charge in [0.25, 0.3) is 15.9 Å². The van der Waals surface area contributed by atoms with E-state index in [0.29, 0.717) is 31.6 Å². The summed E-state index contributed by atoms with van der Waals surface area (Å²) in [7, 11) is -5.77. The number of anilines is 1. The second kappa shape index (κ2) is 7.23. The summed E-state index contributed by atoms with van der Waals surface area (Å²) >= 11 is 0. The summed E-state index contributed by atoms with van der Waals surface area (Å²) in [5.74, 6) is 0. The quantitative estimate of drug-likeness (QED) is 0.514. The van der Waals surface area contributed by atoms with Crippen LogP contribution in [0.3, 0.4) is 0 Å². The van der Waals surface area contributed by atoms with E-state index in [1.165, 1.54) is 19.2 Å². The van der Waals surface area contributed by atoms with Crippen LogP contribution in [-0.4, -0.2) is 54.2 Å². The zero-order chi connectivity index (χ0) is 18.8. The SMILES string of the molecule is CNS(=O)(=O)NC1CCN(c2ccc(S(C)(=O)=O)cc2[N+](=O)[O-])CC1. The number of nitrogens with zero attached hydrogens (tertiary/aromatic N) is 2. The Morgan fingerprint density at radius 3 is 2.28 bits per heavy atom. The predicted octanol–water partition coefficient (Wildman–Crippen LogP) is 0.0209. The van der Waals surface area contributed by atoms with Crippen molar-refractivity contribution in [3.8, 4) is 0 Å². The Bertz CT molecular complexity index is 861. The topological polar surface area (TPSA) is 139 Å². The first-order valence-electron chi connectivity index (χ1n) is 7.48. The fourth-order valence-corrected chi connectivity index (χ4v) is 4.10. The Morgan fingerprint density at radius 2 is 1.80 bits per heavy atom. The van der Waals surface area contributed by atoms with Crippen molar-refractivity contribution in [2.75, 3.05) is 31.3 Å². The van der Waals surface area contributed by atoms with Gasteiger partial charge in [-0.1, -0.05) is 0 Å². The number of sulfone groups is 1. The fraction of sp³-hybridized carbons (Fsp3) is 0.538. The zero-order valence-corrected chi connectivity index (χ0v) is 15.4. The van der Waals surface area contributed by atoms with Gasteiger partial charge in [0.05, 0.1) is 9.82 Å². The molecule has 2 N–H and O–H groups in total. The fourth-order valence-electron chi connectivity index (χ4n) is 2.66. The highest BCUT2D eigenvalue weighted by atomic mass is 32.2. The van der Waals surface area contributed by atoms with Crippen LogP contribution in [0.25, 0.3) is 0 Å². The van der Waals surface area contributed by atoms with E-state index in [-0.39, 0.29) is 16.6 Å². The van der Waals surface area contributed by atoms with Crippen LogP contribution in [0, 0.1) is 10.1 Å². The normalized spacial score (nSPS) is 16.8. The summed E-state index contributed by atoms with van der Waals surface area (Å²) in [6.07, 6.45) is 1.95. The van der Waals surface area contributed by atoms with Crippen LogP contribution in [0.5, 0.6) is 0 Å². The summed E-state index contributed by atoms with van der Waals surface area (Å²) in [6, 6.07) is 3.56. The molecule has 1 aliphatic rings. The number of benzene rings is 1. The van der Waals surface area contributed by atoms with Gasteiger partial charge < -0.3 is 4.90 Å². The molecule has 0 amide bonds. The predicted molar refractivity (Wildman–Crippen MR) is 92.6 cm³/mol. The first-order chi connectivity index (χ1) is 11.5. The summed E-state index contributed by atoms with van der Waals surface area (Å²) in [4.78, 5) is 12.4. The van der Waals surface area contributed by atoms with Gasteiger partial charge in [0, 0.05) is 38.5 Å². The van der Waals surface area contributed by atoms with Gasteiger partial charge in [0.2, 0.25) is 0 Å². The van der Waals surface area contributed by atoms with E-state index in [4.69, 9.17) is 0 Å². The van der Waals surface area contributed by atoms with Gasteiger partial charge in [-0.3, -0.25) is 10.1 Å². The Labute approximate surface area is 146 Å². The van der Waals surface area contributed by atoms with Crippen molar-refractivity contribution in [1.82, 2.24) is 9.44 Å². The molecule has 2 rings (SSSR count). The molecule has 0 unspecified atom stereocenters. The lowest BCUT2D eigenvalue weighted by atomic mass is 10.1. The third-order valence-corrected chi connectivity index (χ3v) is 6.29. The number of rotatable bonds is 6. The average Bonchev–Trinajstić information content (AvgIpc) is 2.54. The second-order valence-electron chi connectivity index (χ2n) is 5.77. The molecule has 1 aliphatic heterocycles. The molecular formula is C13H20N4O6S2. The smallest absolute Gasteiger partial charge is 0.293 e. The van der Waals surface area contributed by atoms with E-state index in [1.807, 2.05) is 0 Å². The number of piperidine rings is 1. The van der Waals surface area contributed by atoms with Gasteiger partial charge >= 0.3 is 0 Å². The third kappa shape index (κ3) is 4.87. The third-order valence-electron chi connectivity index (χ3n) is 4.00. The molecule has 140 valence electrons. The van der Waals surface area contributed by atoms with E-state index in [1.54, 1.807) is 4.90 Å². The highest BCUT2D eigenvalue weighted by molar-refractivity contribution is 7.90. The number of nitro groups is 1. The molecule has 0 spiro atoms. The van der Waals surface area contributed by atoms with E-state index in [0.717, 1.165) is 12.3 Å². The molecule has 0 saturated carbocycles. The molecule has 0 atom stereocenters. The first-order valence-corrected chi connectivity index (χ1v) is 10.8. The maximum Gasteiger partial charge on any atom is 0.293 e. The molecule has 0 bridgehead atoms. The molecule has 0 aromatic heterocycles. The summed E-state index contributed by atoms with van der Waals surface area (Å²) in [5, 5.41) is 11.3. The molecule has 25 heavy (non-hydrogen) atoms. The lowest BCUT2D eigenvalue weighted by Gasteiger charge is -2.33. The highest BCUT2D eigenvalue weighted by Crippen LogP contribution is 2.32. The van der Waals surface area contributed by atoms with Crippen LogP contribution in [0.15, 0.2) is 23.1 Å². The van der Waals surface area contributed by atoms with Crippen LogP contribution in [0.4, 0.5) is 11.4 Å². The van der Waals surface area contributed by atoms with Crippen LogP contribution >= 0.6 is 0 Å². The minimum absolute atomic E-state index is 0.111. The maximum atomic E-state index is 11.6. The minimum atomic E-state index is -3.54. The first kappa shape index (κ1) is 19.6. The van der Waals surface area contributed by atoms with Crippen molar-refractivity contribution < 1.29 is 21.8 Å². The summed E-state index contributed by atoms with van der Waals surface area (Å²) in [6.45, 7) is 0.825. The Hall–Kier alpha value is -1.76. The van der Waals surface area contributed by atoms with Crippen molar-refractivity contribution in [1.29, 1.82) is 0 Å². The summed E-state index contributed by atoms with van der Waals surface area (Å²) < 4.78 is 50.9. The largest absolute Gasteiger partial charge is 0.366 e. The lowest BCUT2D eigenvalue weighted by molar-refractivity contribution is -0.384. The van der Waals surface area contributed by atoms with Gasteiger partial charge in [-0.25, -0.2) is 13.1 Å². The monoisotopic (exact) mass is 392 g/mol. The van der Waals surface area contributed by atoms with Crippen LogP contribution in [-0.2, 0) is 20.0 Å². The summed E-state index contributed by atoms with van der Waals surface area (Å²) in [5.41, 5.74) is 0.0458. The molecule has 1 heterocycles. The van der Waals surface area contributed by atoms with E-state index in [9.17, 15) is 26.9 Å². The molecule has 1 saturated heterocycles. The Morgan fingerprint density at radius 1 is 1.20 bits per heavy atom. The Balaban J connectivity index is 2.19. The lowest BCUT2D eigenvalue weighted by Crippen LogP contribution is -2.47. The van der Waals surface area contributed by atoms with Crippen molar-refractivity contribution in [3.63, 3.8) is 0 Å². The zero-order valence-electron chi connectivity index (χ0n) is 13.8. The number of nitro benzene ring substituents is 1. The average molecular weight is 392 g/mol. The molecule has 12 heteroatoms. The molecule has 10 nitrogen and oxygen atoms in total. The van der Waals surface area contributed by atoms with E-state index >= 15 is 0 Å². The molecule has 0 aliphatic carbocycles. The van der Waals surface area contributed by atoms with E-state index in [2.05, 4.69) is 9.44 Å². The van der Waals surface area contributed by atoms with Crippen LogP contribution < -0.4 is 14.3 Å². The standard InChI is InChI=1S/C13H20N4O6S2/c1-14-25(22,23)15-10-5-7-16(8-6-10)12-4-3-11(24(2,20)21)9-13(12)17(18)19/h3-4,9-10,14-15H,5-8H2,1-2H3. The molecule has 0 radical (unpaired) electrons. The number of nitrogens with one attached hydrogen (secondary N) is 2. The van der Waals surface area contributed by atoms with E-state index < -0.39 is 25.0 Å². The van der Waals surface area contributed by atoms with Crippen LogP contribution in [0.1, 0.15) is 12.8 Å². The molecule has 1 aromatic rings. The van der Waals surface area contributed by atoms with Crippen molar-refractivity contribution in [3.05, 3.63) is 28.3 Å². The van der Waals surface area contributed by atoms with Gasteiger partial charge in [-0.05, 0) is 25.0 Å². The second-order valence-corrected chi connectivity index (χ2v) is 9.43. The highest BCUT2D eigenvalue weighted by Gasteiger charge is 2.27. The van der Waals surface area contributed by atoms with Crippen molar-refractivity contribution in [2.24, 2.45) is 0 Å².